The van der Waals surface area contributed by atoms with Crippen molar-refractivity contribution >= 4 is 35.2 Å². The van der Waals surface area contributed by atoms with E-state index >= 15 is 0 Å². The van der Waals surface area contributed by atoms with Crippen molar-refractivity contribution in [3.8, 4) is 0 Å². The van der Waals surface area contributed by atoms with E-state index < -0.39 is 28.9 Å². The molecule has 1 aromatic carbocycles. The molecule has 0 aromatic heterocycles. The first-order valence-electron chi connectivity index (χ1n) is 6.70. The summed E-state index contributed by atoms with van der Waals surface area (Å²) in [5.41, 5.74) is -1.62. The molecule has 0 aliphatic carbocycles. The summed E-state index contributed by atoms with van der Waals surface area (Å²) in [7, 11) is 1.04. The van der Waals surface area contributed by atoms with E-state index in [1.807, 2.05) is 0 Å². The molecule has 1 saturated heterocycles. The molecule has 1 aromatic rings. The van der Waals surface area contributed by atoms with Crippen LogP contribution in [0.25, 0.3) is 0 Å². The number of hydrogen-bond donors (Lipinski definition) is 2. The third-order valence-electron chi connectivity index (χ3n) is 3.16. The van der Waals surface area contributed by atoms with Gasteiger partial charge in [0.15, 0.2) is 0 Å². The predicted octanol–water partition coefficient (Wildman–Crippen LogP) is 2.01. The van der Waals surface area contributed by atoms with Crippen molar-refractivity contribution in [2.24, 2.45) is 0 Å². The van der Waals surface area contributed by atoms with Crippen LogP contribution in [0.3, 0.4) is 0 Å². The van der Waals surface area contributed by atoms with Crippen molar-refractivity contribution in [1.82, 2.24) is 5.32 Å². The van der Waals surface area contributed by atoms with E-state index in [2.05, 4.69) is 15.4 Å². The number of benzene rings is 1. The number of hydrogen-bond acceptors (Lipinski definition) is 5. The second-order valence-electron chi connectivity index (χ2n) is 4.88. The lowest BCUT2D eigenvalue weighted by molar-refractivity contribution is -0.137. The minimum atomic E-state index is -4.69. The molecule has 0 saturated carbocycles. The summed E-state index contributed by atoms with van der Waals surface area (Å²) in [6.07, 6.45) is -4.87. The molecule has 1 atom stereocenters. The Morgan fingerprint density at radius 1 is 1.38 bits per heavy atom. The zero-order chi connectivity index (χ0) is 17.9. The number of amides is 2. The van der Waals surface area contributed by atoms with Crippen LogP contribution in [0.2, 0.25) is 0 Å². The molecule has 1 heterocycles. The number of alkyl halides is 3. The number of nitrogens with one attached hydrogen (secondary N) is 2. The summed E-state index contributed by atoms with van der Waals surface area (Å²) in [5.74, 6) is -1.50. The SMILES string of the molecule is COC(=O)c1cc(NC(=O)CC2SCNC2=O)cc(C(F)(F)F)c1. The molecule has 0 spiro atoms. The van der Waals surface area contributed by atoms with Crippen molar-refractivity contribution in [2.45, 2.75) is 17.8 Å². The van der Waals surface area contributed by atoms with Gasteiger partial charge in [-0.1, -0.05) is 0 Å². The molecule has 0 bridgehead atoms. The highest BCUT2D eigenvalue weighted by Gasteiger charge is 2.32. The summed E-state index contributed by atoms with van der Waals surface area (Å²) < 4.78 is 43.1. The van der Waals surface area contributed by atoms with Gasteiger partial charge in [-0.05, 0) is 18.2 Å². The largest absolute Gasteiger partial charge is 0.465 e. The van der Waals surface area contributed by atoms with E-state index in [-0.39, 0.29) is 23.6 Å². The molecule has 24 heavy (non-hydrogen) atoms. The Kier molecular flexibility index (Phi) is 5.37. The summed E-state index contributed by atoms with van der Waals surface area (Å²) >= 11 is 1.23. The molecular formula is C14H13F3N2O4S. The van der Waals surface area contributed by atoms with Crippen LogP contribution >= 0.6 is 11.8 Å². The quantitative estimate of drug-likeness (QED) is 0.801. The van der Waals surface area contributed by atoms with E-state index in [1.54, 1.807) is 0 Å². The van der Waals surface area contributed by atoms with Crippen LogP contribution in [0, 0.1) is 0 Å². The van der Waals surface area contributed by atoms with Gasteiger partial charge in [-0.3, -0.25) is 9.59 Å². The molecule has 0 radical (unpaired) electrons. The van der Waals surface area contributed by atoms with Gasteiger partial charge in [-0.2, -0.15) is 13.2 Å². The molecule has 130 valence electrons. The topological polar surface area (TPSA) is 84.5 Å². The first kappa shape index (κ1) is 18.1. The zero-order valence-corrected chi connectivity index (χ0v) is 13.2. The first-order chi connectivity index (χ1) is 11.2. The Morgan fingerprint density at radius 2 is 2.08 bits per heavy atom. The molecule has 2 rings (SSSR count). The van der Waals surface area contributed by atoms with Gasteiger partial charge in [0.2, 0.25) is 11.8 Å². The van der Waals surface area contributed by atoms with Gasteiger partial charge in [0, 0.05) is 12.1 Å². The maximum Gasteiger partial charge on any atom is 0.416 e. The number of halogens is 3. The Morgan fingerprint density at radius 3 is 2.62 bits per heavy atom. The molecule has 1 unspecified atom stereocenters. The number of thioether (sulfide) groups is 1. The van der Waals surface area contributed by atoms with Gasteiger partial charge < -0.3 is 15.4 Å². The average Bonchev–Trinajstić information content (AvgIpc) is 2.90. The molecule has 10 heteroatoms. The smallest absolute Gasteiger partial charge is 0.416 e. The van der Waals surface area contributed by atoms with Crippen LogP contribution in [-0.2, 0) is 20.5 Å². The Balaban J connectivity index is 2.20. The Hall–Kier alpha value is -2.23. The maximum absolute atomic E-state index is 12.9. The standard InChI is InChI=1S/C14H13F3N2O4S/c1-23-13(22)7-2-8(14(15,16)17)4-9(3-7)19-11(20)5-10-12(21)18-6-24-10/h2-4,10H,5-6H2,1H3,(H,18,21)(H,19,20). The normalized spacial score (nSPS) is 17.3. The van der Waals surface area contributed by atoms with Crippen molar-refractivity contribution in [3.63, 3.8) is 0 Å². The fourth-order valence-electron chi connectivity index (χ4n) is 2.03. The number of esters is 1. The number of anilines is 1. The van der Waals surface area contributed by atoms with Crippen molar-refractivity contribution in [3.05, 3.63) is 29.3 Å². The Labute approximate surface area is 139 Å². The highest BCUT2D eigenvalue weighted by Crippen LogP contribution is 2.32. The van der Waals surface area contributed by atoms with Crippen LogP contribution in [0.4, 0.5) is 18.9 Å². The fourth-order valence-corrected chi connectivity index (χ4v) is 2.96. The van der Waals surface area contributed by atoms with Gasteiger partial charge in [0.1, 0.15) is 0 Å². The lowest BCUT2D eigenvalue weighted by Gasteiger charge is -2.13. The number of ether oxygens (including phenoxy) is 1. The van der Waals surface area contributed by atoms with Crippen molar-refractivity contribution < 1.29 is 32.3 Å². The Bertz CT molecular complexity index is 678. The summed E-state index contributed by atoms with van der Waals surface area (Å²) in [4.78, 5) is 34.8. The second-order valence-corrected chi connectivity index (χ2v) is 6.07. The predicted molar refractivity (Wildman–Crippen MR) is 80.4 cm³/mol. The third-order valence-corrected chi connectivity index (χ3v) is 4.25. The molecular weight excluding hydrogens is 349 g/mol. The highest BCUT2D eigenvalue weighted by molar-refractivity contribution is 8.01. The average molecular weight is 362 g/mol. The summed E-state index contributed by atoms with van der Waals surface area (Å²) in [6.45, 7) is 0. The lowest BCUT2D eigenvalue weighted by Crippen LogP contribution is -2.27. The van der Waals surface area contributed by atoms with Crippen LogP contribution in [0.15, 0.2) is 18.2 Å². The van der Waals surface area contributed by atoms with Gasteiger partial charge in [-0.15, -0.1) is 11.8 Å². The van der Waals surface area contributed by atoms with E-state index in [1.165, 1.54) is 11.8 Å². The van der Waals surface area contributed by atoms with Crippen LogP contribution < -0.4 is 10.6 Å². The second kappa shape index (κ2) is 7.12. The molecule has 1 fully saturated rings. The van der Waals surface area contributed by atoms with Crippen molar-refractivity contribution in [1.29, 1.82) is 0 Å². The number of carbonyl (C=O) groups excluding carboxylic acids is 3. The maximum atomic E-state index is 12.9. The lowest BCUT2D eigenvalue weighted by atomic mass is 10.1. The van der Waals surface area contributed by atoms with Gasteiger partial charge in [0.05, 0.1) is 29.4 Å². The van der Waals surface area contributed by atoms with Crippen molar-refractivity contribution in [2.75, 3.05) is 18.3 Å². The van der Waals surface area contributed by atoms with Gasteiger partial charge >= 0.3 is 12.1 Å². The summed E-state index contributed by atoms with van der Waals surface area (Å²) in [6, 6.07) is 2.44. The number of carbonyl (C=O) groups is 3. The van der Waals surface area contributed by atoms with Gasteiger partial charge in [-0.25, -0.2) is 4.79 Å². The van der Waals surface area contributed by atoms with Crippen LogP contribution in [0.5, 0.6) is 0 Å². The molecule has 2 N–H and O–H groups in total. The number of rotatable bonds is 4. The first-order valence-corrected chi connectivity index (χ1v) is 7.75. The fraction of sp³-hybridized carbons (Fsp3) is 0.357. The summed E-state index contributed by atoms with van der Waals surface area (Å²) in [5, 5.41) is 4.23. The molecule has 2 amide bonds. The molecule has 1 aliphatic heterocycles. The molecule has 1 aliphatic rings. The molecule has 6 nitrogen and oxygen atoms in total. The van der Waals surface area contributed by atoms with E-state index in [0.717, 1.165) is 13.2 Å². The third kappa shape index (κ3) is 4.40. The monoisotopic (exact) mass is 362 g/mol. The van der Waals surface area contributed by atoms with Crippen LogP contribution in [0.1, 0.15) is 22.3 Å². The minimum absolute atomic E-state index is 0.180. The highest BCUT2D eigenvalue weighted by atomic mass is 32.2. The van der Waals surface area contributed by atoms with E-state index in [0.29, 0.717) is 18.0 Å². The van der Waals surface area contributed by atoms with E-state index in [9.17, 15) is 27.6 Å². The van der Waals surface area contributed by atoms with E-state index in [4.69, 9.17) is 0 Å². The van der Waals surface area contributed by atoms with Crippen LogP contribution in [-0.4, -0.2) is 36.0 Å². The zero-order valence-electron chi connectivity index (χ0n) is 12.4. The minimum Gasteiger partial charge on any atom is -0.465 e. The number of methoxy groups -OCH3 is 1. The van der Waals surface area contributed by atoms with Gasteiger partial charge in [0.25, 0.3) is 0 Å².